The predicted molar refractivity (Wildman–Crippen MR) is 159 cm³/mol. The van der Waals surface area contributed by atoms with Crippen molar-refractivity contribution in [2.45, 2.75) is 31.7 Å². The van der Waals surface area contributed by atoms with Crippen molar-refractivity contribution in [3.05, 3.63) is 83.9 Å². The summed E-state index contributed by atoms with van der Waals surface area (Å²) in [5.74, 6) is -1.15. The third-order valence-electron chi connectivity index (χ3n) is 9.49. The van der Waals surface area contributed by atoms with E-state index in [2.05, 4.69) is 30.3 Å². The van der Waals surface area contributed by atoms with Gasteiger partial charge in [-0.25, -0.2) is 0 Å². The van der Waals surface area contributed by atoms with Crippen LogP contribution in [-0.2, 0) is 40.4 Å². The fourth-order valence-corrected chi connectivity index (χ4v) is 6.87. The molecule has 6 aliphatic heterocycles. The van der Waals surface area contributed by atoms with Crippen molar-refractivity contribution in [3.63, 3.8) is 0 Å². The normalized spacial score (nSPS) is 31.5. The molecule has 0 aromatic heterocycles. The molecule has 4 bridgehead atoms. The molecule has 6 fully saturated rings. The zero-order valence-corrected chi connectivity index (χ0v) is 24.6. The maximum atomic E-state index is 6.47. The predicted octanol–water partition coefficient (Wildman–Crippen LogP) is 6.23. The average Bonchev–Trinajstić information content (AvgIpc) is 3.08. The van der Waals surface area contributed by atoms with Gasteiger partial charge in [0.2, 0.25) is 0 Å². The highest BCUT2D eigenvalue weighted by Crippen LogP contribution is 2.54. The minimum absolute atomic E-state index is 0.260. The second kappa shape index (κ2) is 10.2. The van der Waals surface area contributed by atoms with Gasteiger partial charge in [-0.15, -0.1) is 0 Å². The number of ether oxygens (including phenoxy) is 8. The molecule has 4 aromatic rings. The van der Waals surface area contributed by atoms with Crippen molar-refractivity contribution in [1.82, 2.24) is 0 Å². The van der Waals surface area contributed by atoms with Crippen LogP contribution in [0.1, 0.15) is 30.9 Å². The first-order chi connectivity index (χ1) is 21.0. The summed E-state index contributed by atoms with van der Waals surface area (Å²) in [5, 5.41) is 4.25. The zero-order valence-electron chi connectivity index (χ0n) is 24.6. The lowest BCUT2D eigenvalue weighted by Gasteiger charge is -2.55. The van der Waals surface area contributed by atoms with Gasteiger partial charge in [-0.2, -0.15) is 0 Å². The Morgan fingerprint density at radius 1 is 0.605 bits per heavy atom. The summed E-state index contributed by atoms with van der Waals surface area (Å²) in [4.78, 5) is 0. The third-order valence-corrected chi connectivity index (χ3v) is 9.49. The molecular weight excluding hydrogens is 548 g/mol. The molecule has 8 heteroatoms. The lowest BCUT2D eigenvalue weighted by molar-refractivity contribution is -0.488. The lowest BCUT2D eigenvalue weighted by atomic mass is 9.75. The highest BCUT2D eigenvalue weighted by molar-refractivity contribution is 5.88. The zero-order chi connectivity index (χ0) is 29.1. The summed E-state index contributed by atoms with van der Waals surface area (Å²) < 4.78 is 50.3. The van der Waals surface area contributed by atoms with Gasteiger partial charge in [0, 0.05) is 10.8 Å². The van der Waals surface area contributed by atoms with Crippen LogP contribution in [0.2, 0.25) is 0 Å². The monoisotopic (exact) mass is 584 g/mol. The number of fused-ring (bicyclic) bond motifs is 8. The van der Waals surface area contributed by atoms with Crippen molar-refractivity contribution in [2.24, 2.45) is 10.8 Å². The van der Waals surface area contributed by atoms with Gasteiger partial charge < -0.3 is 37.9 Å². The van der Waals surface area contributed by atoms with Crippen molar-refractivity contribution >= 4 is 21.5 Å². The molecular formula is C35H36O8. The second-order valence-corrected chi connectivity index (χ2v) is 12.3. The van der Waals surface area contributed by atoms with Crippen molar-refractivity contribution < 1.29 is 37.9 Å². The van der Waals surface area contributed by atoms with E-state index in [-0.39, 0.29) is 10.8 Å². The van der Waals surface area contributed by atoms with Crippen LogP contribution in [0.3, 0.4) is 0 Å². The first-order valence-electron chi connectivity index (χ1n) is 15.1. The number of benzene rings is 4. The van der Waals surface area contributed by atoms with Gasteiger partial charge in [-0.05, 0) is 59.5 Å². The minimum atomic E-state index is -1.28. The maximum absolute atomic E-state index is 6.47. The Morgan fingerprint density at radius 3 is 1.72 bits per heavy atom. The summed E-state index contributed by atoms with van der Waals surface area (Å²) in [5.41, 5.74) is 1.03. The second-order valence-electron chi connectivity index (χ2n) is 12.3. The number of hydrogen-bond acceptors (Lipinski definition) is 8. The summed E-state index contributed by atoms with van der Waals surface area (Å²) in [6.07, 6.45) is 1.67. The molecule has 0 aliphatic carbocycles. The minimum Gasteiger partial charge on any atom is -0.496 e. The summed E-state index contributed by atoms with van der Waals surface area (Å²) >= 11 is 0. The molecule has 0 amide bonds. The summed E-state index contributed by atoms with van der Waals surface area (Å²) in [6, 6.07) is 24.4. The largest absolute Gasteiger partial charge is 0.496 e. The van der Waals surface area contributed by atoms with Gasteiger partial charge in [0.05, 0.1) is 64.5 Å². The van der Waals surface area contributed by atoms with Crippen LogP contribution in [0.15, 0.2) is 72.8 Å². The Hall–Kier alpha value is -3.24. The van der Waals surface area contributed by atoms with Crippen LogP contribution in [0, 0.1) is 10.8 Å². The molecule has 6 saturated heterocycles. The van der Waals surface area contributed by atoms with E-state index in [1.54, 1.807) is 7.11 Å². The molecule has 0 radical (unpaired) electrons. The van der Waals surface area contributed by atoms with E-state index in [1.807, 2.05) is 49.4 Å². The van der Waals surface area contributed by atoms with Crippen molar-refractivity contribution in [1.29, 1.82) is 0 Å². The van der Waals surface area contributed by atoms with Crippen LogP contribution in [0.5, 0.6) is 11.5 Å². The summed E-state index contributed by atoms with van der Waals surface area (Å²) in [6.45, 7) is 5.67. The van der Waals surface area contributed by atoms with E-state index < -0.39 is 11.9 Å². The smallest absolute Gasteiger partial charge is 0.316 e. The highest BCUT2D eigenvalue weighted by Gasteiger charge is 2.58. The molecule has 8 nitrogen and oxygen atoms in total. The quantitative estimate of drug-likeness (QED) is 0.242. The molecule has 4 aromatic carbocycles. The number of methoxy groups -OCH3 is 1. The standard InChI is InChI=1S/C35H36O8/c1-3-37-29-13-12-24-8-6-7-11-27(24)31(29)35-41-21-33(22-42-35,23-43-35)15-14-32-18-38-34(39-19-32,40-20-32)28-16-25-9-4-5-10-26(25)17-30(28)36-2/h4-13,16-17H,3,14-15,18-23H2,1-2H3. The summed E-state index contributed by atoms with van der Waals surface area (Å²) in [7, 11) is 1.66. The average molecular weight is 585 g/mol. The lowest BCUT2D eigenvalue weighted by Crippen LogP contribution is -2.61. The SMILES string of the molecule is CCOc1ccc2ccccc2c1C12OCC(CCC34COC(c5cc6ccccc6cc5OC)(OC3)OC4)(CO1)CO2. The molecule has 6 heterocycles. The van der Waals surface area contributed by atoms with Crippen LogP contribution in [-0.4, -0.2) is 53.4 Å². The molecule has 43 heavy (non-hydrogen) atoms. The fourth-order valence-electron chi connectivity index (χ4n) is 6.87. The van der Waals surface area contributed by atoms with E-state index in [0.717, 1.165) is 51.3 Å². The molecule has 6 aliphatic rings. The van der Waals surface area contributed by atoms with Gasteiger partial charge in [0.15, 0.2) is 0 Å². The number of rotatable bonds is 8. The molecule has 0 N–H and O–H groups in total. The molecule has 224 valence electrons. The molecule has 0 atom stereocenters. The highest BCUT2D eigenvalue weighted by atomic mass is 16.9. The van der Waals surface area contributed by atoms with E-state index in [1.165, 1.54) is 0 Å². The Bertz CT molecular complexity index is 1630. The first kappa shape index (κ1) is 27.3. The Labute approximate surface area is 250 Å². The number of hydrogen-bond donors (Lipinski definition) is 0. The van der Waals surface area contributed by atoms with Crippen LogP contribution < -0.4 is 9.47 Å². The molecule has 0 spiro atoms. The van der Waals surface area contributed by atoms with Gasteiger partial charge in [-0.1, -0.05) is 54.6 Å². The van der Waals surface area contributed by atoms with E-state index in [9.17, 15) is 0 Å². The van der Waals surface area contributed by atoms with E-state index >= 15 is 0 Å². The molecule has 10 rings (SSSR count). The van der Waals surface area contributed by atoms with E-state index in [4.69, 9.17) is 37.9 Å². The molecule has 0 unspecified atom stereocenters. The Balaban J connectivity index is 0.974. The van der Waals surface area contributed by atoms with Crippen LogP contribution in [0.4, 0.5) is 0 Å². The van der Waals surface area contributed by atoms with Gasteiger partial charge in [0.1, 0.15) is 11.5 Å². The van der Waals surface area contributed by atoms with Crippen molar-refractivity contribution in [3.8, 4) is 11.5 Å². The van der Waals surface area contributed by atoms with Gasteiger partial charge >= 0.3 is 11.9 Å². The van der Waals surface area contributed by atoms with Gasteiger partial charge in [0.25, 0.3) is 0 Å². The van der Waals surface area contributed by atoms with Gasteiger partial charge in [-0.3, -0.25) is 0 Å². The van der Waals surface area contributed by atoms with Crippen molar-refractivity contribution in [2.75, 3.05) is 53.4 Å². The maximum Gasteiger partial charge on any atom is 0.316 e. The third kappa shape index (κ3) is 4.35. The van der Waals surface area contributed by atoms with Crippen LogP contribution in [0.25, 0.3) is 21.5 Å². The van der Waals surface area contributed by atoms with Crippen LogP contribution >= 0.6 is 0 Å². The fraction of sp³-hybridized carbons (Fsp3) is 0.429. The molecule has 0 saturated carbocycles. The first-order valence-corrected chi connectivity index (χ1v) is 15.1. The Kier molecular flexibility index (Phi) is 6.45. The topological polar surface area (TPSA) is 73.8 Å². The van der Waals surface area contributed by atoms with E-state index in [0.29, 0.717) is 52.0 Å². The Morgan fingerprint density at radius 2 is 1.14 bits per heavy atom.